The normalized spacial score (nSPS) is 23.4. The van der Waals surface area contributed by atoms with Gasteiger partial charge in [0.2, 0.25) is 9.05 Å². The minimum atomic E-state index is -3.60. The Kier molecular flexibility index (Phi) is 3.05. The molecule has 0 N–H and O–H groups in total. The van der Waals surface area contributed by atoms with Crippen LogP contribution in [0.4, 0.5) is 5.69 Å². The fraction of sp³-hybridized carbons (Fsp3) is 0.333. The van der Waals surface area contributed by atoms with Gasteiger partial charge in [0.05, 0.1) is 10.2 Å². The van der Waals surface area contributed by atoms with Crippen LogP contribution in [-0.2, 0) is 9.05 Å². The van der Waals surface area contributed by atoms with E-state index in [2.05, 4.69) is 0 Å². The molecule has 0 heterocycles. The molecule has 1 aliphatic carbocycles. The van der Waals surface area contributed by atoms with E-state index < -0.39 is 19.2 Å². The van der Waals surface area contributed by atoms with Gasteiger partial charge in [-0.05, 0) is 18.1 Å². The molecule has 5 nitrogen and oxygen atoms in total. The maximum atomic E-state index is 11.1. The number of nitro benzene ring substituents is 1. The molecular formula is C9H7Cl2NO4S. The Labute approximate surface area is 107 Å². The van der Waals surface area contributed by atoms with Crippen LogP contribution >= 0.6 is 22.3 Å². The molecule has 0 radical (unpaired) electrons. The molecule has 0 saturated heterocycles. The molecule has 8 heteroatoms. The molecule has 1 aromatic carbocycles. The van der Waals surface area contributed by atoms with Crippen molar-refractivity contribution in [2.24, 2.45) is 0 Å². The third-order valence-corrected chi connectivity index (χ3v) is 4.94. The molecule has 92 valence electrons. The number of nitro groups is 1. The first kappa shape index (κ1) is 12.6. The Balaban J connectivity index is 2.31. The Bertz CT molecular complexity index is 587. The topological polar surface area (TPSA) is 77.3 Å². The highest BCUT2D eigenvalue weighted by Crippen LogP contribution is 2.48. The standard InChI is InChI=1S/C9H7Cl2NO4S/c10-7-2-1-5(3-8(7)12(13)14)6-4-9(6)17(11,15)16/h1-3,6,9H,4H2. The molecule has 17 heavy (non-hydrogen) atoms. The lowest BCUT2D eigenvalue weighted by atomic mass is 10.1. The first-order valence-corrected chi connectivity index (χ1v) is 7.43. The summed E-state index contributed by atoms with van der Waals surface area (Å²) >= 11 is 5.66. The molecular weight excluding hydrogens is 289 g/mol. The first-order chi connectivity index (χ1) is 7.80. The van der Waals surface area contributed by atoms with Gasteiger partial charge in [-0.25, -0.2) is 8.42 Å². The number of hydrogen-bond donors (Lipinski definition) is 0. The number of halogens is 2. The zero-order chi connectivity index (χ0) is 12.8. The van der Waals surface area contributed by atoms with Gasteiger partial charge in [0.1, 0.15) is 5.02 Å². The molecule has 2 rings (SSSR count). The van der Waals surface area contributed by atoms with E-state index in [-0.39, 0.29) is 16.6 Å². The Morgan fingerprint density at radius 2 is 2.06 bits per heavy atom. The molecule has 1 aromatic rings. The molecule has 1 aliphatic rings. The highest BCUT2D eigenvalue weighted by atomic mass is 35.7. The molecule has 2 unspecified atom stereocenters. The highest BCUT2D eigenvalue weighted by Gasteiger charge is 2.47. The monoisotopic (exact) mass is 295 g/mol. The molecule has 1 fully saturated rings. The fourth-order valence-corrected chi connectivity index (χ4v) is 3.50. The molecule has 0 spiro atoms. The summed E-state index contributed by atoms with van der Waals surface area (Å²) in [7, 11) is 1.62. The second kappa shape index (κ2) is 4.12. The van der Waals surface area contributed by atoms with Crippen LogP contribution in [0, 0.1) is 10.1 Å². The molecule has 0 aromatic heterocycles. The van der Waals surface area contributed by atoms with E-state index >= 15 is 0 Å². The van der Waals surface area contributed by atoms with Crippen LogP contribution in [-0.4, -0.2) is 18.6 Å². The predicted molar refractivity (Wildman–Crippen MR) is 64.0 cm³/mol. The van der Waals surface area contributed by atoms with E-state index in [4.69, 9.17) is 22.3 Å². The SMILES string of the molecule is O=[N+]([O-])c1cc(C2CC2S(=O)(=O)Cl)ccc1Cl. The number of hydrogen-bond acceptors (Lipinski definition) is 4. The Hall–Kier alpha value is -0.850. The maximum absolute atomic E-state index is 11.1. The summed E-state index contributed by atoms with van der Waals surface area (Å²) < 4.78 is 22.1. The van der Waals surface area contributed by atoms with Crippen LogP contribution in [0.1, 0.15) is 17.9 Å². The van der Waals surface area contributed by atoms with E-state index in [1.807, 2.05) is 0 Å². The average molecular weight is 296 g/mol. The summed E-state index contributed by atoms with van der Waals surface area (Å²) in [6.07, 6.45) is 0.393. The lowest BCUT2D eigenvalue weighted by Gasteiger charge is -2.00. The second-order valence-corrected chi connectivity index (χ2v) is 7.08. The lowest BCUT2D eigenvalue weighted by Crippen LogP contribution is -2.00. The van der Waals surface area contributed by atoms with Crippen molar-refractivity contribution in [2.45, 2.75) is 17.6 Å². The van der Waals surface area contributed by atoms with Crippen LogP contribution in [0.15, 0.2) is 18.2 Å². The van der Waals surface area contributed by atoms with Crippen LogP contribution < -0.4 is 0 Å². The van der Waals surface area contributed by atoms with E-state index in [1.165, 1.54) is 12.1 Å². The summed E-state index contributed by atoms with van der Waals surface area (Å²) in [6, 6.07) is 4.28. The number of rotatable bonds is 3. The van der Waals surface area contributed by atoms with Gasteiger partial charge in [0.25, 0.3) is 5.69 Å². The van der Waals surface area contributed by atoms with Gasteiger partial charge in [-0.1, -0.05) is 17.7 Å². The maximum Gasteiger partial charge on any atom is 0.288 e. The molecule has 0 bridgehead atoms. The Morgan fingerprint density at radius 3 is 2.53 bits per heavy atom. The van der Waals surface area contributed by atoms with Crippen molar-refractivity contribution in [1.29, 1.82) is 0 Å². The van der Waals surface area contributed by atoms with Crippen LogP contribution in [0.5, 0.6) is 0 Å². The number of benzene rings is 1. The molecule has 0 aliphatic heterocycles. The van der Waals surface area contributed by atoms with Crippen molar-refractivity contribution in [3.63, 3.8) is 0 Å². The van der Waals surface area contributed by atoms with Gasteiger partial charge in [-0.2, -0.15) is 0 Å². The molecule has 2 atom stereocenters. The minimum Gasteiger partial charge on any atom is -0.258 e. The summed E-state index contributed by atoms with van der Waals surface area (Å²) in [5.74, 6) is -0.270. The zero-order valence-corrected chi connectivity index (χ0v) is 10.7. The van der Waals surface area contributed by atoms with Gasteiger partial charge in [0.15, 0.2) is 0 Å². The van der Waals surface area contributed by atoms with Crippen molar-refractivity contribution < 1.29 is 13.3 Å². The van der Waals surface area contributed by atoms with Crippen molar-refractivity contribution >= 4 is 37.0 Å². The smallest absolute Gasteiger partial charge is 0.258 e. The zero-order valence-electron chi connectivity index (χ0n) is 8.34. The molecule has 1 saturated carbocycles. The van der Waals surface area contributed by atoms with Crippen molar-refractivity contribution in [3.05, 3.63) is 38.9 Å². The summed E-state index contributed by atoms with van der Waals surface area (Å²) in [6.45, 7) is 0. The second-order valence-electron chi connectivity index (χ2n) is 3.82. The average Bonchev–Trinajstić information content (AvgIpc) is 2.96. The lowest BCUT2D eigenvalue weighted by molar-refractivity contribution is -0.384. The van der Waals surface area contributed by atoms with Gasteiger partial charge in [0, 0.05) is 22.7 Å². The van der Waals surface area contributed by atoms with Crippen LogP contribution in [0.2, 0.25) is 5.02 Å². The quantitative estimate of drug-likeness (QED) is 0.488. The highest BCUT2D eigenvalue weighted by molar-refractivity contribution is 8.14. The minimum absolute atomic E-state index is 0.0321. The Morgan fingerprint density at radius 1 is 1.41 bits per heavy atom. The van der Waals surface area contributed by atoms with Crippen LogP contribution in [0.3, 0.4) is 0 Å². The summed E-state index contributed by atoms with van der Waals surface area (Å²) in [4.78, 5) is 10.1. The van der Waals surface area contributed by atoms with Crippen LogP contribution in [0.25, 0.3) is 0 Å². The van der Waals surface area contributed by atoms with E-state index in [1.54, 1.807) is 6.07 Å². The largest absolute Gasteiger partial charge is 0.288 e. The van der Waals surface area contributed by atoms with Crippen molar-refractivity contribution in [3.8, 4) is 0 Å². The third-order valence-electron chi connectivity index (χ3n) is 2.69. The van der Waals surface area contributed by atoms with Gasteiger partial charge in [-0.15, -0.1) is 0 Å². The summed E-state index contributed by atoms with van der Waals surface area (Å²) in [5.41, 5.74) is 0.358. The van der Waals surface area contributed by atoms with Gasteiger partial charge in [-0.3, -0.25) is 10.1 Å². The molecule has 0 amide bonds. The number of nitrogens with zero attached hydrogens (tertiary/aromatic N) is 1. The first-order valence-electron chi connectivity index (χ1n) is 4.68. The predicted octanol–water partition coefficient (Wildman–Crippen LogP) is 2.67. The van der Waals surface area contributed by atoms with Gasteiger partial charge >= 0.3 is 0 Å². The third kappa shape index (κ3) is 2.53. The summed E-state index contributed by atoms with van der Waals surface area (Å²) in [5, 5.41) is 10.1. The van der Waals surface area contributed by atoms with E-state index in [0.717, 1.165) is 0 Å². The van der Waals surface area contributed by atoms with Gasteiger partial charge < -0.3 is 0 Å². The van der Waals surface area contributed by atoms with Crippen molar-refractivity contribution in [2.75, 3.05) is 0 Å². The van der Waals surface area contributed by atoms with E-state index in [0.29, 0.717) is 12.0 Å². The van der Waals surface area contributed by atoms with E-state index in [9.17, 15) is 18.5 Å². The van der Waals surface area contributed by atoms with Crippen molar-refractivity contribution in [1.82, 2.24) is 0 Å². The fourth-order valence-electron chi connectivity index (χ4n) is 1.73.